The van der Waals surface area contributed by atoms with Crippen LogP contribution in [0, 0.1) is 17.5 Å². The zero-order chi connectivity index (χ0) is 87.0. The van der Waals surface area contributed by atoms with Crippen LogP contribution in [0.3, 0.4) is 0 Å². The number of ether oxygens (including phenoxy) is 6. The van der Waals surface area contributed by atoms with Crippen molar-refractivity contribution in [2.75, 3.05) is 82.5 Å². The van der Waals surface area contributed by atoms with Gasteiger partial charge in [-0.25, -0.2) is 33.1 Å². The van der Waals surface area contributed by atoms with Gasteiger partial charge in [-0.15, -0.1) is 0 Å². The van der Waals surface area contributed by atoms with E-state index in [0.717, 1.165) is 174 Å². The summed E-state index contributed by atoms with van der Waals surface area (Å²) < 4.78 is 78.5. The summed E-state index contributed by atoms with van der Waals surface area (Å²) in [5.74, 6) is 3.86. The van der Waals surface area contributed by atoms with Crippen LogP contribution in [0.1, 0.15) is 184 Å². The number of methoxy groups -OCH3 is 1. The van der Waals surface area contributed by atoms with Crippen molar-refractivity contribution in [1.82, 2.24) is 45.4 Å². The van der Waals surface area contributed by atoms with E-state index in [9.17, 15) is 23.1 Å². The monoisotopic (exact) mass is 1790 g/mol. The molecule has 4 unspecified atom stereocenters. The molecule has 0 spiro atoms. The summed E-state index contributed by atoms with van der Waals surface area (Å²) in [6, 6.07) is 45.6. The molecule has 1 amide bonds. The number of nitrogens with one attached hydrogen (secondary N) is 2. The van der Waals surface area contributed by atoms with Crippen LogP contribution < -0.4 is 62.0 Å². The highest BCUT2D eigenvalue weighted by Crippen LogP contribution is 2.44. The van der Waals surface area contributed by atoms with Crippen LogP contribution in [0.15, 0.2) is 187 Å². The number of halogens is 6. The molecule has 3 aliphatic heterocycles. The number of aromatic nitrogens is 5. The largest absolute Gasteiger partial charge is 0.495 e. The minimum Gasteiger partial charge on any atom is -0.495 e. The van der Waals surface area contributed by atoms with E-state index in [1.165, 1.54) is 44.1 Å². The van der Waals surface area contributed by atoms with Gasteiger partial charge in [0.15, 0.2) is 46.3 Å². The Kier molecular flexibility index (Phi) is 30.2. The molecule has 6 aromatic carbocycles. The number of nitrogens with zero attached hydrogens (tertiary/aromatic N) is 7. The average Bonchev–Trinajstić information content (AvgIpc) is 0.841. The van der Waals surface area contributed by atoms with E-state index in [2.05, 4.69) is 70.2 Å². The third-order valence-corrected chi connectivity index (χ3v) is 24.7. The number of aliphatic hydroxyl groups is 1. The molecule has 5 aromatic heterocycles. The number of aryl methyl sites for hydroxylation is 3. The number of fused-ring (bicyclic) bond motifs is 3. The Bertz CT molecular complexity index is 5480. The Morgan fingerprint density at radius 2 is 0.992 bits per heavy atom. The number of anilines is 4. The van der Waals surface area contributed by atoms with E-state index in [-0.39, 0.29) is 59.6 Å². The molecule has 0 saturated carbocycles. The molecule has 6 aliphatic rings. The molecular formula is C97H107BrCl2F3N13O8. The third-order valence-electron chi connectivity index (χ3n) is 23.6. The first-order valence-corrected chi connectivity index (χ1v) is 44.3. The zero-order valence-electron chi connectivity index (χ0n) is 70.3. The van der Waals surface area contributed by atoms with Crippen LogP contribution >= 0.6 is 39.1 Å². The van der Waals surface area contributed by atoms with Gasteiger partial charge < -0.3 is 72.0 Å². The number of carbonyl (C=O) groups is 1. The second kappa shape index (κ2) is 41.8. The van der Waals surface area contributed by atoms with Crippen LogP contribution in [0.4, 0.5) is 36.4 Å². The van der Waals surface area contributed by atoms with Crippen LogP contribution in [0.2, 0.25) is 10.0 Å². The number of hydrogen-bond donors (Lipinski definition) is 7. The third kappa shape index (κ3) is 22.8. The number of benzene rings is 6. The molecule has 0 radical (unpaired) electrons. The first kappa shape index (κ1) is 89.5. The molecule has 11 N–H and O–H groups in total. The van der Waals surface area contributed by atoms with Crippen molar-refractivity contribution >= 4 is 68.3 Å². The minimum atomic E-state index is -0.901. The van der Waals surface area contributed by atoms with Gasteiger partial charge in [-0.1, -0.05) is 71.7 Å². The SMILES string of the molecule is COc1ccc(Cl)c(C(C)Oc2cc(-c3ccc(C4(O)CCNCC4)nc3)cnc2N)c1Cl.C[C@@H]1CN(C(=O)c2ccc(-c3cnc(N)c(OC4CCCCc5ccc(F)cc54)c3)cc2)C[C@H](C)N1.Nc1ncc(-c2ccc(OCCN3CCCC3)cc2)cc1OC1CCCCc2ccc(F)cc21.Nc1ncc(Br)cc1OC1CCCCc2ccc(F)cc21. The van der Waals surface area contributed by atoms with E-state index in [1.54, 1.807) is 80.6 Å². The second-order valence-electron chi connectivity index (χ2n) is 32.6. The molecule has 3 aliphatic carbocycles. The van der Waals surface area contributed by atoms with Crippen molar-refractivity contribution in [3.8, 4) is 67.9 Å². The number of amides is 1. The van der Waals surface area contributed by atoms with Gasteiger partial charge in [-0.3, -0.25) is 14.7 Å². The number of nitrogens with two attached hydrogens (primary N) is 4. The lowest BCUT2D eigenvalue weighted by atomic mass is 9.88. The molecule has 124 heavy (non-hydrogen) atoms. The molecule has 3 fully saturated rings. The number of piperidine rings is 1. The summed E-state index contributed by atoms with van der Waals surface area (Å²) in [5, 5.41) is 18.5. The quantitative estimate of drug-likeness (QED) is 0.0370. The van der Waals surface area contributed by atoms with Crippen molar-refractivity contribution < 1.29 is 51.5 Å². The van der Waals surface area contributed by atoms with E-state index in [1.807, 2.05) is 103 Å². The topological polar surface area (TPSA) is 292 Å². The van der Waals surface area contributed by atoms with Crippen molar-refractivity contribution in [2.45, 2.75) is 166 Å². The molecule has 6 atom stereocenters. The highest BCUT2D eigenvalue weighted by atomic mass is 79.9. The number of nitrogen functional groups attached to an aromatic ring is 4. The van der Waals surface area contributed by atoms with Crippen molar-refractivity contribution in [3.05, 3.63) is 265 Å². The zero-order valence-corrected chi connectivity index (χ0v) is 73.4. The molecule has 21 nitrogen and oxygen atoms in total. The van der Waals surface area contributed by atoms with Gasteiger partial charge in [-0.05, 0) is 313 Å². The van der Waals surface area contributed by atoms with Gasteiger partial charge >= 0.3 is 0 Å². The molecule has 0 bridgehead atoms. The maximum atomic E-state index is 14.0. The number of rotatable bonds is 19. The number of hydrogen-bond acceptors (Lipinski definition) is 20. The standard InChI is InChI=1S/C29H33FN4O2.C28H32FN3O2.C24H26Cl2N4O3.C16H16BrFN2O/c1-18-16-34(17-19(2)33-18)29(35)22-9-7-20(8-10-22)23-13-27(28(31)32-15-23)36-26-6-4-3-5-21-11-12-24(30)14-25(21)26;29-23-10-7-21-5-1-2-6-26(25(21)18-23)34-27-17-22(19-31-28(27)30)20-8-11-24(12-9-20)33-16-15-32-13-3-4-14-32;1-14(21-17(25)4-5-18(32-2)22(21)26)33-19-11-16(13-30-23(19)27)15-3-6-20(29-12-15)24(31)7-9-28-10-8-24;17-11-7-15(16(19)20-9-11)21-14-4-2-1-3-10-5-6-12(18)8-13(10)14/h7-15,18-19,26,33H,3-6,16-17H2,1-2H3,(H2,31,32);7-12,17-19,26H,1-6,13-16H2,(H2,30,31);3-6,11-14,28,31H,7-10H2,1-2H3,(H2,27,30);5-9,14H,1-4H2,(H2,19,20)/t18-,19+,26?;;;. The van der Waals surface area contributed by atoms with E-state index < -0.39 is 11.7 Å². The van der Waals surface area contributed by atoms with Gasteiger partial charge in [0.25, 0.3) is 5.91 Å². The normalized spacial score (nSPS) is 18.8. The number of likely N-dealkylation sites (tertiary alicyclic amines) is 1. The molecule has 11 aromatic rings. The number of carbonyl (C=O) groups excluding carboxylic acids is 1. The summed E-state index contributed by atoms with van der Waals surface area (Å²) in [7, 11) is 1.54. The summed E-state index contributed by atoms with van der Waals surface area (Å²) >= 11 is 16.2. The van der Waals surface area contributed by atoms with Gasteiger partial charge in [0.2, 0.25) is 0 Å². The Hall–Kier alpha value is -10.8. The van der Waals surface area contributed by atoms with Gasteiger partial charge in [0, 0.05) is 106 Å². The van der Waals surface area contributed by atoms with Gasteiger partial charge in [-0.2, -0.15) is 0 Å². The van der Waals surface area contributed by atoms with Crippen molar-refractivity contribution in [3.63, 3.8) is 0 Å². The summed E-state index contributed by atoms with van der Waals surface area (Å²) in [5.41, 5.74) is 36.8. The lowest BCUT2D eigenvalue weighted by molar-refractivity contribution is 0.00188. The lowest BCUT2D eigenvalue weighted by Crippen LogP contribution is -2.55. The molecule has 3 saturated heterocycles. The number of piperazine rings is 1. The van der Waals surface area contributed by atoms with Crippen LogP contribution in [-0.2, 0) is 24.9 Å². The lowest BCUT2D eigenvalue weighted by Gasteiger charge is -2.36. The summed E-state index contributed by atoms with van der Waals surface area (Å²) in [6.45, 7) is 13.0. The second-order valence-corrected chi connectivity index (χ2v) is 34.3. The summed E-state index contributed by atoms with van der Waals surface area (Å²) in [4.78, 5) is 39.0. The number of pyridine rings is 5. The highest BCUT2D eigenvalue weighted by Gasteiger charge is 2.34. The van der Waals surface area contributed by atoms with Crippen molar-refractivity contribution in [2.24, 2.45) is 0 Å². The maximum Gasteiger partial charge on any atom is 0.253 e. The molecule has 8 heterocycles. The van der Waals surface area contributed by atoms with E-state index in [0.29, 0.717) is 106 Å². The van der Waals surface area contributed by atoms with Crippen LogP contribution in [0.5, 0.6) is 34.5 Å². The molecule has 650 valence electrons. The molecule has 17 rings (SSSR count). The Balaban J connectivity index is 0.000000137. The minimum absolute atomic E-state index is 0.0421. The van der Waals surface area contributed by atoms with Gasteiger partial charge in [0.1, 0.15) is 65.6 Å². The average molecular weight is 1790 g/mol. The summed E-state index contributed by atoms with van der Waals surface area (Å²) in [6.07, 6.45) is 22.7. The molecular weight excluding hydrogens is 1680 g/mol. The smallest absolute Gasteiger partial charge is 0.253 e. The first-order valence-electron chi connectivity index (χ1n) is 42.7. The van der Waals surface area contributed by atoms with Gasteiger partial charge in [0.05, 0.1) is 17.8 Å². The van der Waals surface area contributed by atoms with E-state index >= 15 is 0 Å². The Morgan fingerprint density at radius 1 is 0.540 bits per heavy atom. The molecule has 27 heteroatoms. The van der Waals surface area contributed by atoms with Crippen molar-refractivity contribution in [1.29, 1.82) is 0 Å². The van der Waals surface area contributed by atoms with Crippen LogP contribution in [-0.4, -0.2) is 117 Å². The Labute approximate surface area is 741 Å². The maximum absolute atomic E-state index is 14.0. The predicted molar refractivity (Wildman–Crippen MR) is 486 cm³/mol. The fraction of sp³-hybridized carbons (Fsp3) is 0.361. The Morgan fingerprint density at radius 3 is 1.48 bits per heavy atom. The predicted octanol–water partition coefficient (Wildman–Crippen LogP) is 20.1. The highest BCUT2D eigenvalue weighted by molar-refractivity contribution is 9.10. The first-order chi connectivity index (χ1) is 60.0. The fourth-order valence-corrected chi connectivity index (χ4v) is 18.0. The van der Waals surface area contributed by atoms with Crippen LogP contribution in [0.25, 0.3) is 33.4 Å². The fourth-order valence-electron chi connectivity index (χ4n) is 16.9. The van der Waals surface area contributed by atoms with E-state index in [4.69, 9.17) is 74.6 Å².